The van der Waals surface area contributed by atoms with Gasteiger partial charge in [-0.2, -0.15) is 5.10 Å². The predicted molar refractivity (Wildman–Crippen MR) is 114 cm³/mol. The van der Waals surface area contributed by atoms with Crippen LogP contribution in [0, 0.1) is 5.82 Å². The average molecular weight is 399 g/mol. The molecule has 30 heavy (non-hydrogen) atoms. The van der Waals surface area contributed by atoms with E-state index in [1.54, 1.807) is 42.9 Å². The second kappa shape index (κ2) is 8.96. The van der Waals surface area contributed by atoms with Crippen LogP contribution in [0.1, 0.15) is 21.5 Å². The highest BCUT2D eigenvalue weighted by molar-refractivity contribution is 6.03. The number of carbonyl (C=O) groups is 1. The van der Waals surface area contributed by atoms with Gasteiger partial charge in [0.1, 0.15) is 18.2 Å². The van der Waals surface area contributed by atoms with Crippen LogP contribution in [0.15, 0.2) is 90.3 Å². The van der Waals surface area contributed by atoms with Crippen LogP contribution < -0.4 is 10.2 Å². The van der Waals surface area contributed by atoms with E-state index in [0.717, 1.165) is 21.9 Å². The first-order valence-electron chi connectivity index (χ1n) is 9.33. The fourth-order valence-corrected chi connectivity index (χ4v) is 3.00. The minimum atomic E-state index is -0.331. The maximum Gasteiger partial charge on any atom is 0.271 e. The Labute approximate surface area is 172 Å². The molecular weight excluding hydrogens is 381 g/mol. The summed E-state index contributed by atoms with van der Waals surface area (Å²) in [6, 6.07) is 21.0. The third-order valence-electron chi connectivity index (χ3n) is 4.54. The summed E-state index contributed by atoms with van der Waals surface area (Å²) in [6.45, 7) is 0.281. The fourth-order valence-electron chi connectivity index (χ4n) is 3.00. The number of fused-ring (bicyclic) bond motifs is 1. The number of rotatable bonds is 6. The van der Waals surface area contributed by atoms with Crippen molar-refractivity contribution in [2.24, 2.45) is 5.10 Å². The third-order valence-corrected chi connectivity index (χ3v) is 4.54. The number of hydrogen-bond acceptors (Lipinski definition) is 4. The average Bonchev–Trinajstić information content (AvgIpc) is 2.80. The number of hydrogen-bond donors (Lipinski definition) is 1. The Hall–Kier alpha value is -4.06. The van der Waals surface area contributed by atoms with Gasteiger partial charge in [-0.1, -0.05) is 42.5 Å². The van der Waals surface area contributed by atoms with E-state index in [-0.39, 0.29) is 18.3 Å². The van der Waals surface area contributed by atoms with Crippen molar-refractivity contribution in [1.29, 1.82) is 0 Å². The largest absolute Gasteiger partial charge is 0.488 e. The zero-order valence-corrected chi connectivity index (χ0v) is 16.0. The molecule has 0 radical (unpaired) electrons. The molecule has 4 rings (SSSR count). The van der Waals surface area contributed by atoms with Crippen molar-refractivity contribution >= 4 is 22.9 Å². The highest BCUT2D eigenvalue weighted by atomic mass is 19.1. The monoisotopic (exact) mass is 399 g/mol. The summed E-state index contributed by atoms with van der Waals surface area (Å²) in [5, 5.41) is 6.08. The number of amides is 1. The number of pyridine rings is 1. The van der Waals surface area contributed by atoms with Gasteiger partial charge in [0.15, 0.2) is 0 Å². The lowest BCUT2D eigenvalue weighted by Crippen LogP contribution is -2.17. The van der Waals surface area contributed by atoms with Crippen LogP contribution in [0.2, 0.25) is 0 Å². The Morgan fingerprint density at radius 1 is 1.00 bits per heavy atom. The molecule has 0 aliphatic heterocycles. The molecule has 0 fully saturated rings. The Balaban J connectivity index is 1.58. The first kappa shape index (κ1) is 19.3. The molecule has 6 heteroatoms. The minimum absolute atomic E-state index is 0.281. The quantitative estimate of drug-likeness (QED) is 0.377. The van der Waals surface area contributed by atoms with Crippen molar-refractivity contribution in [3.63, 3.8) is 0 Å². The molecule has 0 spiro atoms. The third kappa shape index (κ3) is 4.50. The van der Waals surface area contributed by atoms with E-state index in [1.165, 1.54) is 12.1 Å². The van der Waals surface area contributed by atoms with Crippen LogP contribution in [-0.2, 0) is 6.61 Å². The van der Waals surface area contributed by atoms with E-state index in [0.29, 0.717) is 11.3 Å². The van der Waals surface area contributed by atoms with Gasteiger partial charge < -0.3 is 4.74 Å². The molecule has 5 nitrogen and oxygen atoms in total. The summed E-state index contributed by atoms with van der Waals surface area (Å²) in [6.07, 6.45) is 4.66. The lowest BCUT2D eigenvalue weighted by molar-refractivity contribution is 0.0955. The van der Waals surface area contributed by atoms with Crippen LogP contribution in [-0.4, -0.2) is 17.1 Å². The van der Waals surface area contributed by atoms with Crippen molar-refractivity contribution in [1.82, 2.24) is 10.4 Å². The first-order valence-corrected chi connectivity index (χ1v) is 9.33. The molecule has 3 aromatic carbocycles. The van der Waals surface area contributed by atoms with Crippen molar-refractivity contribution in [3.8, 4) is 5.75 Å². The molecule has 1 aromatic heterocycles. The molecule has 1 heterocycles. The van der Waals surface area contributed by atoms with E-state index in [2.05, 4.69) is 15.5 Å². The van der Waals surface area contributed by atoms with Crippen LogP contribution in [0.25, 0.3) is 10.8 Å². The van der Waals surface area contributed by atoms with Crippen molar-refractivity contribution in [2.75, 3.05) is 0 Å². The maximum absolute atomic E-state index is 13.1. The smallest absolute Gasteiger partial charge is 0.271 e. The van der Waals surface area contributed by atoms with Gasteiger partial charge in [0.25, 0.3) is 5.91 Å². The Bertz CT molecular complexity index is 1190. The van der Waals surface area contributed by atoms with Gasteiger partial charge in [-0.05, 0) is 46.7 Å². The normalized spacial score (nSPS) is 11.0. The minimum Gasteiger partial charge on any atom is -0.488 e. The summed E-state index contributed by atoms with van der Waals surface area (Å²) in [5.41, 5.74) is 4.58. The van der Waals surface area contributed by atoms with E-state index >= 15 is 0 Å². The molecule has 0 aliphatic carbocycles. The molecule has 1 N–H and O–H groups in total. The number of aromatic nitrogens is 1. The van der Waals surface area contributed by atoms with E-state index in [4.69, 9.17) is 4.74 Å². The molecule has 0 unspecified atom stereocenters. The van der Waals surface area contributed by atoms with Crippen LogP contribution in [0.3, 0.4) is 0 Å². The van der Waals surface area contributed by atoms with Crippen LogP contribution in [0.4, 0.5) is 4.39 Å². The number of carbonyl (C=O) groups excluding carboxylic acids is 1. The maximum atomic E-state index is 13.1. The van der Waals surface area contributed by atoms with Gasteiger partial charge in [-0.15, -0.1) is 0 Å². The lowest BCUT2D eigenvalue weighted by atomic mass is 10.0. The molecule has 4 aromatic rings. The second-order valence-electron chi connectivity index (χ2n) is 6.55. The Morgan fingerprint density at radius 3 is 2.57 bits per heavy atom. The van der Waals surface area contributed by atoms with Gasteiger partial charge in [0, 0.05) is 23.5 Å². The molecule has 148 valence electrons. The summed E-state index contributed by atoms with van der Waals surface area (Å²) in [5.74, 6) is -0.00943. The number of nitrogens with one attached hydrogen (secondary N) is 1. The van der Waals surface area contributed by atoms with Crippen molar-refractivity contribution < 1.29 is 13.9 Å². The molecule has 0 aliphatic rings. The number of hydrazone groups is 1. The summed E-state index contributed by atoms with van der Waals surface area (Å²) >= 11 is 0. The number of halogens is 1. The topological polar surface area (TPSA) is 63.6 Å². The number of nitrogens with zero attached hydrogens (tertiary/aromatic N) is 2. The molecule has 0 bridgehead atoms. The molecule has 0 atom stereocenters. The molecule has 1 amide bonds. The highest BCUT2D eigenvalue weighted by Crippen LogP contribution is 2.27. The Kier molecular flexibility index (Phi) is 5.75. The summed E-state index contributed by atoms with van der Waals surface area (Å²) < 4.78 is 19.1. The second-order valence-corrected chi connectivity index (χ2v) is 6.55. The predicted octanol–water partition coefficient (Wildman–Crippen LogP) is 4.72. The SMILES string of the molecule is O=C(N/N=C/c1c(OCc2ccc(F)cc2)ccc2ccccc12)c1ccncc1. The highest BCUT2D eigenvalue weighted by Gasteiger charge is 2.09. The zero-order chi connectivity index (χ0) is 20.8. The van der Waals surface area contributed by atoms with Crippen LogP contribution >= 0.6 is 0 Å². The number of ether oxygens (including phenoxy) is 1. The fraction of sp³-hybridized carbons (Fsp3) is 0.0417. The summed E-state index contributed by atoms with van der Waals surface area (Å²) in [4.78, 5) is 16.1. The van der Waals surface area contributed by atoms with Crippen molar-refractivity contribution in [3.05, 3.63) is 108 Å². The van der Waals surface area contributed by atoms with Gasteiger partial charge >= 0.3 is 0 Å². The van der Waals surface area contributed by atoms with Gasteiger partial charge in [-0.3, -0.25) is 9.78 Å². The lowest BCUT2D eigenvalue weighted by Gasteiger charge is -2.12. The first-order chi connectivity index (χ1) is 14.7. The van der Waals surface area contributed by atoms with E-state index in [9.17, 15) is 9.18 Å². The van der Waals surface area contributed by atoms with Gasteiger partial charge in [0.2, 0.25) is 0 Å². The summed E-state index contributed by atoms with van der Waals surface area (Å²) in [7, 11) is 0. The van der Waals surface area contributed by atoms with Gasteiger partial charge in [0.05, 0.1) is 6.21 Å². The van der Waals surface area contributed by atoms with Crippen LogP contribution in [0.5, 0.6) is 5.75 Å². The van der Waals surface area contributed by atoms with E-state index < -0.39 is 0 Å². The standard InChI is InChI=1S/C24H18FN3O2/c25-20-8-5-17(6-9-20)16-30-23-10-7-18-3-1-2-4-21(18)22(23)15-27-28-24(29)19-11-13-26-14-12-19/h1-15H,16H2,(H,28,29)/b27-15+. The zero-order valence-electron chi connectivity index (χ0n) is 16.0. The van der Waals surface area contributed by atoms with Crippen molar-refractivity contribution in [2.45, 2.75) is 6.61 Å². The van der Waals surface area contributed by atoms with E-state index in [1.807, 2.05) is 36.4 Å². The van der Waals surface area contributed by atoms with Gasteiger partial charge in [-0.25, -0.2) is 9.82 Å². The molecule has 0 saturated carbocycles. The number of benzene rings is 3. The molecule has 0 saturated heterocycles. The Morgan fingerprint density at radius 2 is 1.77 bits per heavy atom. The molecular formula is C24H18FN3O2.